The van der Waals surface area contributed by atoms with Crippen LogP contribution in [0.3, 0.4) is 0 Å². The molecule has 0 spiro atoms. The first-order valence-electron chi connectivity index (χ1n) is 6.63. The summed E-state index contributed by atoms with van der Waals surface area (Å²) in [6.45, 7) is 2.92. The second-order valence-electron chi connectivity index (χ2n) is 4.38. The SMILES string of the molecule is CCCCCCCCNC(=O)c1ccncc1Cl. The van der Waals surface area contributed by atoms with E-state index < -0.39 is 0 Å². The molecule has 18 heavy (non-hydrogen) atoms. The maximum absolute atomic E-state index is 11.8. The highest BCUT2D eigenvalue weighted by atomic mass is 35.5. The Bertz CT molecular complexity index is 369. The van der Waals surface area contributed by atoms with Gasteiger partial charge in [-0.05, 0) is 12.5 Å². The van der Waals surface area contributed by atoms with Crippen LogP contribution in [0.2, 0.25) is 5.02 Å². The van der Waals surface area contributed by atoms with Crippen LogP contribution in [0.5, 0.6) is 0 Å². The molecule has 0 aliphatic rings. The average molecular weight is 269 g/mol. The molecule has 0 fully saturated rings. The quantitative estimate of drug-likeness (QED) is 0.728. The lowest BCUT2D eigenvalue weighted by molar-refractivity contribution is 0.0953. The number of unbranched alkanes of at least 4 members (excludes halogenated alkanes) is 5. The predicted octanol–water partition coefficient (Wildman–Crippen LogP) is 3.83. The minimum absolute atomic E-state index is 0.115. The fraction of sp³-hybridized carbons (Fsp3) is 0.571. The van der Waals surface area contributed by atoms with E-state index >= 15 is 0 Å². The third-order valence-corrected chi connectivity index (χ3v) is 3.13. The maximum atomic E-state index is 11.8. The molecule has 3 nitrogen and oxygen atoms in total. The number of nitrogens with zero attached hydrogens (tertiary/aromatic N) is 1. The number of aromatic nitrogens is 1. The molecule has 0 atom stereocenters. The van der Waals surface area contributed by atoms with E-state index in [0.29, 0.717) is 17.1 Å². The molecule has 0 radical (unpaired) electrons. The fourth-order valence-electron chi connectivity index (χ4n) is 1.76. The Hall–Kier alpha value is -1.09. The molecule has 1 amide bonds. The Morgan fingerprint density at radius 1 is 1.28 bits per heavy atom. The highest BCUT2D eigenvalue weighted by molar-refractivity contribution is 6.33. The summed E-state index contributed by atoms with van der Waals surface area (Å²) in [5, 5.41) is 3.28. The second-order valence-corrected chi connectivity index (χ2v) is 4.79. The maximum Gasteiger partial charge on any atom is 0.252 e. The highest BCUT2D eigenvalue weighted by Crippen LogP contribution is 2.12. The summed E-state index contributed by atoms with van der Waals surface area (Å²) in [4.78, 5) is 15.6. The standard InChI is InChI=1S/C14H21ClN2O/c1-2-3-4-5-6-7-9-17-14(18)12-8-10-16-11-13(12)15/h8,10-11H,2-7,9H2,1H3,(H,17,18). The van der Waals surface area contributed by atoms with Gasteiger partial charge in [-0.25, -0.2) is 0 Å². The van der Waals surface area contributed by atoms with Crippen LogP contribution in [-0.4, -0.2) is 17.4 Å². The molecule has 0 saturated carbocycles. The molecule has 1 aromatic rings. The van der Waals surface area contributed by atoms with Crippen LogP contribution in [0.25, 0.3) is 0 Å². The molecule has 0 bridgehead atoms. The minimum atomic E-state index is -0.115. The largest absolute Gasteiger partial charge is 0.352 e. The van der Waals surface area contributed by atoms with Gasteiger partial charge in [0.25, 0.3) is 5.91 Å². The highest BCUT2D eigenvalue weighted by Gasteiger charge is 2.08. The molecule has 0 aromatic carbocycles. The summed E-state index contributed by atoms with van der Waals surface area (Å²) in [5.41, 5.74) is 0.498. The molecule has 1 heterocycles. The second kappa shape index (κ2) is 8.92. The van der Waals surface area contributed by atoms with E-state index in [0.717, 1.165) is 6.42 Å². The average Bonchev–Trinajstić information content (AvgIpc) is 2.38. The molecule has 0 unspecified atom stereocenters. The van der Waals surface area contributed by atoms with E-state index in [4.69, 9.17) is 11.6 Å². The summed E-state index contributed by atoms with van der Waals surface area (Å²) < 4.78 is 0. The van der Waals surface area contributed by atoms with Crippen LogP contribution in [0.1, 0.15) is 55.8 Å². The Morgan fingerprint density at radius 3 is 2.72 bits per heavy atom. The van der Waals surface area contributed by atoms with Gasteiger partial charge in [-0.15, -0.1) is 0 Å². The van der Waals surface area contributed by atoms with E-state index in [1.165, 1.54) is 38.3 Å². The molecule has 4 heteroatoms. The van der Waals surface area contributed by atoms with Crippen molar-refractivity contribution in [3.63, 3.8) is 0 Å². The first-order chi connectivity index (χ1) is 8.75. The van der Waals surface area contributed by atoms with Gasteiger partial charge in [0, 0.05) is 18.9 Å². The Kier molecular flexibility index (Phi) is 7.42. The summed E-state index contributed by atoms with van der Waals surface area (Å²) in [6.07, 6.45) is 10.4. The molecule has 0 aliphatic carbocycles. The minimum Gasteiger partial charge on any atom is -0.352 e. The molecule has 1 rings (SSSR count). The van der Waals surface area contributed by atoms with E-state index in [1.807, 2.05) is 0 Å². The zero-order chi connectivity index (χ0) is 13.2. The fourth-order valence-corrected chi connectivity index (χ4v) is 1.97. The van der Waals surface area contributed by atoms with Gasteiger partial charge in [-0.2, -0.15) is 0 Å². The topological polar surface area (TPSA) is 42.0 Å². The Balaban J connectivity index is 2.16. The number of halogens is 1. The molecule has 1 aromatic heterocycles. The number of amides is 1. The Morgan fingerprint density at radius 2 is 2.00 bits per heavy atom. The lowest BCUT2D eigenvalue weighted by atomic mass is 10.1. The van der Waals surface area contributed by atoms with Crippen LogP contribution in [0.15, 0.2) is 18.5 Å². The molecular formula is C14H21ClN2O. The van der Waals surface area contributed by atoms with Crippen LogP contribution < -0.4 is 5.32 Å². The van der Waals surface area contributed by atoms with E-state index in [1.54, 1.807) is 12.3 Å². The van der Waals surface area contributed by atoms with Gasteiger partial charge >= 0.3 is 0 Å². The number of hydrogen-bond donors (Lipinski definition) is 1. The van der Waals surface area contributed by atoms with Gasteiger partial charge in [-0.3, -0.25) is 9.78 Å². The first kappa shape index (κ1) is 15.0. The lowest BCUT2D eigenvalue weighted by Gasteiger charge is -2.06. The summed E-state index contributed by atoms with van der Waals surface area (Å²) >= 11 is 5.89. The monoisotopic (exact) mass is 268 g/mol. The van der Waals surface area contributed by atoms with Gasteiger partial charge in [0.2, 0.25) is 0 Å². The van der Waals surface area contributed by atoms with Crippen molar-refractivity contribution in [2.45, 2.75) is 45.4 Å². The number of rotatable bonds is 8. The van der Waals surface area contributed by atoms with Crippen molar-refractivity contribution < 1.29 is 4.79 Å². The summed E-state index contributed by atoms with van der Waals surface area (Å²) in [7, 11) is 0. The smallest absolute Gasteiger partial charge is 0.252 e. The van der Waals surface area contributed by atoms with Gasteiger partial charge in [0.1, 0.15) is 0 Å². The van der Waals surface area contributed by atoms with Crippen molar-refractivity contribution in [1.29, 1.82) is 0 Å². The van der Waals surface area contributed by atoms with Crippen molar-refractivity contribution in [3.8, 4) is 0 Å². The van der Waals surface area contributed by atoms with Gasteiger partial charge in [0.15, 0.2) is 0 Å². The van der Waals surface area contributed by atoms with E-state index in [-0.39, 0.29) is 5.91 Å². The van der Waals surface area contributed by atoms with Gasteiger partial charge in [-0.1, -0.05) is 50.6 Å². The van der Waals surface area contributed by atoms with Crippen molar-refractivity contribution in [2.75, 3.05) is 6.54 Å². The zero-order valence-electron chi connectivity index (χ0n) is 10.9. The summed E-state index contributed by atoms with van der Waals surface area (Å²) in [6, 6.07) is 1.64. The van der Waals surface area contributed by atoms with Crippen LogP contribution in [-0.2, 0) is 0 Å². The van der Waals surface area contributed by atoms with Crippen molar-refractivity contribution in [1.82, 2.24) is 10.3 Å². The van der Waals surface area contributed by atoms with Crippen LogP contribution in [0.4, 0.5) is 0 Å². The number of carbonyl (C=O) groups is 1. The van der Waals surface area contributed by atoms with Crippen LogP contribution >= 0.6 is 11.6 Å². The lowest BCUT2D eigenvalue weighted by Crippen LogP contribution is -2.24. The van der Waals surface area contributed by atoms with Gasteiger partial charge < -0.3 is 5.32 Å². The molecule has 1 N–H and O–H groups in total. The summed E-state index contributed by atoms with van der Waals surface area (Å²) in [5.74, 6) is -0.115. The van der Waals surface area contributed by atoms with Gasteiger partial charge in [0.05, 0.1) is 10.6 Å². The van der Waals surface area contributed by atoms with Crippen molar-refractivity contribution in [3.05, 3.63) is 29.0 Å². The number of carbonyl (C=O) groups excluding carboxylic acids is 1. The normalized spacial score (nSPS) is 10.3. The van der Waals surface area contributed by atoms with Crippen molar-refractivity contribution in [2.24, 2.45) is 0 Å². The molecular weight excluding hydrogens is 248 g/mol. The third-order valence-electron chi connectivity index (χ3n) is 2.83. The van der Waals surface area contributed by atoms with E-state index in [2.05, 4.69) is 17.2 Å². The first-order valence-corrected chi connectivity index (χ1v) is 7.01. The van der Waals surface area contributed by atoms with E-state index in [9.17, 15) is 4.79 Å². The zero-order valence-corrected chi connectivity index (χ0v) is 11.7. The van der Waals surface area contributed by atoms with Crippen molar-refractivity contribution >= 4 is 17.5 Å². The predicted molar refractivity (Wildman–Crippen MR) is 75.0 cm³/mol. The molecule has 0 aliphatic heterocycles. The number of nitrogens with one attached hydrogen (secondary N) is 1. The Labute approximate surface area is 114 Å². The molecule has 0 saturated heterocycles. The number of hydrogen-bond acceptors (Lipinski definition) is 2. The number of pyridine rings is 1. The molecule has 100 valence electrons. The third kappa shape index (κ3) is 5.50. The van der Waals surface area contributed by atoms with Crippen LogP contribution in [0, 0.1) is 0 Å².